The Hall–Kier alpha value is -3.28. The van der Waals surface area contributed by atoms with Crippen molar-refractivity contribution in [2.45, 2.75) is 6.42 Å². The predicted molar refractivity (Wildman–Crippen MR) is 104 cm³/mol. The Morgan fingerprint density at radius 1 is 1.04 bits per heavy atom. The Balaban J connectivity index is 1.65. The van der Waals surface area contributed by atoms with Crippen LogP contribution in [-0.2, 0) is 13.5 Å². The molecule has 0 spiro atoms. The third-order valence-electron chi connectivity index (χ3n) is 4.31. The van der Waals surface area contributed by atoms with Crippen molar-refractivity contribution in [2.75, 3.05) is 20.8 Å². The Bertz CT molecular complexity index is 934. The lowest BCUT2D eigenvalue weighted by atomic mass is 10.1. The number of aryl methyl sites for hydroxylation is 1. The number of carbonyl (C=O) groups is 1. The molecule has 0 aliphatic heterocycles. The number of nitrogens with one attached hydrogen (secondary N) is 1. The third kappa shape index (κ3) is 4.47. The fraction of sp³-hybridized carbons (Fsp3) is 0.238. The number of carbonyl (C=O) groups excluding carboxylic acids is 1. The van der Waals surface area contributed by atoms with Crippen LogP contribution in [0, 0.1) is 0 Å². The summed E-state index contributed by atoms with van der Waals surface area (Å²) >= 11 is 0. The zero-order chi connectivity index (χ0) is 19.2. The molecule has 27 heavy (non-hydrogen) atoms. The average Bonchev–Trinajstić information content (AvgIpc) is 3.10. The van der Waals surface area contributed by atoms with Gasteiger partial charge in [0.1, 0.15) is 17.2 Å². The van der Waals surface area contributed by atoms with Crippen LogP contribution >= 0.6 is 0 Å². The van der Waals surface area contributed by atoms with Crippen molar-refractivity contribution in [1.82, 2.24) is 15.1 Å². The maximum atomic E-state index is 12.5. The molecule has 3 rings (SSSR count). The van der Waals surface area contributed by atoms with E-state index < -0.39 is 0 Å². The van der Waals surface area contributed by atoms with Gasteiger partial charge in [0, 0.05) is 19.2 Å². The van der Waals surface area contributed by atoms with Gasteiger partial charge >= 0.3 is 0 Å². The van der Waals surface area contributed by atoms with Crippen molar-refractivity contribution in [3.05, 3.63) is 65.9 Å². The van der Waals surface area contributed by atoms with Crippen LogP contribution in [0.2, 0.25) is 0 Å². The summed E-state index contributed by atoms with van der Waals surface area (Å²) in [4.78, 5) is 12.5. The zero-order valence-corrected chi connectivity index (χ0v) is 15.7. The van der Waals surface area contributed by atoms with Crippen molar-refractivity contribution < 1.29 is 14.3 Å². The molecule has 0 saturated carbocycles. The highest BCUT2D eigenvalue weighted by Crippen LogP contribution is 2.23. The highest BCUT2D eigenvalue weighted by atomic mass is 16.5. The molecule has 0 atom stereocenters. The number of aromatic nitrogens is 2. The fourth-order valence-corrected chi connectivity index (χ4v) is 2.84. The molecule has 0 fully saturated rings. The summed E-state index contributed by atoms with van der Waals surface area (Å²) in [6.07, 6.45) is 0.726. The van der Waals surface area contributed by atoms with Crippen LogP contribution in [0.5, 0.6) is 11.5 Å². The molecule has 0 aliphatic carbocycles. The molecule has 0 aliphatic rings. The maximum absolute atomic E-state index is 12.5. The second-order valence-electron chi connectivity index (χ2n) is 6.13. The smallest absolute Gasteiger partial charge is 0.269 e. The van der Waals surface area contributed by atoms with Gasteiger partial charge < -0.3 is 14.8 Å². The standard InChI is InChI=1S/C21H23N3O3/c1-24-20(14-19(23-24)16-7-5-9-18(13-16)27-3)21(25)22-11-10-15-6-4-8-17(12-15)26-2/h4-9,12-14H,10-11H2,1-3H3,(H,22,25). The van der Waals surface area contributed by atoms with E-state index in [9.17, 15) is 4.79 Å². The Morgan fingerprint density at radius 2 is 1.74 bits per heavy atom. The molecule has 1 N–H and O–H groups in total. The molecule has 0 bridgehead atoms. The molecule has 0 radical (unpaired) electrons. The van der Waals surface area contributed by atoms with Gasteiger partial charge in [-0.2, -0.15) is 5.10 Å². The van der Waals surface area contributed by atoms with Gasteiger partial charge in [0.2, 0.25) is 0 Å². The molecule has 1 heterocycles. The quantitative estimate of drug-likeness (QED) is 0.699. The molecule has 1 amide bonds. The van der Waals surface area contributed by atoms with Crippen molar-refractivity contribution in [1.29, 1.82) is 0 Å². The predicted octanol–water partition coefficient (Wildman–Crippen LogP) is 3.08. The Kier molecular flexibility index (Phi) is 5.76. The van der Waals surface area contributed by atoms with Crippen LogP contribution in [0.3, 0.4) is 0 Å². The van der Waals surface area contributed by atoms with E-state index in [1.165, 1.54) is 0 Å². The maximum Gasteiger partial charge on any atom is 0.269 e. The largest absolute Gasteiger partial charge is 0.497 e. The van der Waals surface area contributed by atoms with Crippen molar-refractivity contribution >= 4 is 5.91 Å². The monoisotopic (exact) mass is 365 g/mol. The topological polar surface area (TPSA) is 65.4 Å². The van der Waals surface area contributed by atoms with Crippen LogP contribution in [0.1, 0.15) is 16.1 Å². The summed E-state index contributed by atoms with van der Waals surface area (Å²) < 4.78 is 12.1. The molecule has 140 valence electrons. The van der Waals surface area contributed by atoms with E-state index in [0.29, 0.717) is 12.2 Å². The first-order chi connectivity index (χ1) is 13.1. The van der Waals surface area contributed by atoms with Gasteiger partial charge in [-0.1, -0.05) is 24.3 Å². The minimum atomic E-state index is -0.151. The van der Waals surface area contributed by atoms with Crippen molar-refractivity contribution in [2.24, 2.45) is 7.05 Å². The van der Waals surface area contributed by atoms with E-state index in [1.54, 1.807) is 32.0 Å². The molecule has 2 aromatic carbocycles. The summed E-state index contributed by atoms with van der Waals surface area (Å²) in [5.74, 6) is 1.41. The molecule has 0 saturated heterocycles. The summed E-state index contributed by atoms with van der Waals surface area (Å²) in [5.41, 5.74) is 3.25. The van der Waals surface area contributed by atoms with Crippen molar-refractivity contribution in [3.63, 3.8) is 0 Å². The molecule has 6 nitrogen and oxygen atoms in total. The van der Waals surface area contributed by atoms with E-state index in [2.05, 4.69) is 10.4 Å². The number of methoxy groups -OCH3 is 2. The van der Waals surface area contributed by atoms with Crippen LogP contribution < -0.4 is 14.8 Å². The highest BCUT2D eigenvalue weighted by molar-refractivity contribution is 5.93. The van der Waals surface area contributed by atoms with Gasteiger partial charge in [0.05, 0.1) is 19.9 Å². The number of hydrogen-bond acceptors (Lipinski definition) is 4. The number of amides is 1. The second kappa shape index (κ2) is 8.40. The first-order valence-electron chi connectivity index (χ1n) is 8.70. The van der Waals surface area contributed by atoms with E-state index in [4.69, 9.17) is 9.47 Å². The summed E-state index contributed by atoms with van der Waals surface area (Å²) in [5, 5.41) is 7.40. The first-order valence-corrected chi connectivity index (χ1v) is 8.70. The van der Waals surface area contributed by atoms with Crippen LogP contribution in [0.25, 0.3) is 11.3 Å². The molecular weight excluding hydrogens is 342 g/mol. The van der Waals surface area contributed by atoms with Crippen LogP contribution in [-0.4, -0.2) is 36.5 Å². The number of benzene rings is 2. The van der Waals surface area contributed by atoms with E-state index >= 15 is 0 Å². The Labute approximate surface area is 158 Å². The molecule has 0 unspecified atom stereocenters. The van der Waals surface area contributed by atoms with Crippen LogP contribution in [0.4, 0.5) is 0 Å². The lowest BCUT2D eigenvalue weighted by molar-refractivity contribution is 0.0944. The van der Waals surface area contributed by atoms with E-state index in [1.807, 2.05) is 48.5 Å². The minimum Gasteiger partial charge on any atom is -0.497 e. The molecule has 6 heteroatoms. The lowest BCUT2D eigenvalue weighted by Gasteiger charge is -2.06. The summed E-state index contributed by atoms with van der Waals surface area (Å²) in [6.45, 7) is 0.533. The highest BCUT2D eigenvalue weighted by Gasteiger charge is 2.14. The van der Waals surface area contributed by atoms with Gasteiger partial charge in [-0.25, -0.2) is 0 Å². The lowest BCUT2D eigenvalue weighted by Crippen LogP contribution is -2.27. The van der Waals surface area contributed by atoms with Gasteiger partial charge in [-0.15, -0.1) is 0 Å². The van der Waals surface area contributed by atoms with Gasteiger partial charge in [0.15, 0.2) is 0 Å². The number of nitrogens with zero attached hydrogens (tertiary/aromatic N) is 2. The minimum absolute atomic E-state index is 0.151. The molecular formula is C21H23N3O3. The third-order valence-corrected chi connectivity index (χ3v) is 4.31. The van der Waals surface area contributed by atoms with Crippen molar-refractivity contribution in [3.8, 4) is 22.8 Å². The number of hydrogen-bond donors (Lipinski definition) is 1. The zero-order valence-electron chi connectivity index (χ0n) is 15.7. The SMILES string of the molecule is COc1cccc(CCNC(=O)c2cc(-c3cccc(OC)c3)nn2C)c1. The summed E-state index contributed by atoms with van der Waals surface area (Å²) in [6, 6.07) is 17.2. The number of rotatable bonds is 7. The molecule has 3 aromatic rings. The normalized spacial score (nSPS) is 10.5. The van der Waals surface area contributed by atoms with Gasteiger partial charge in [0.25, 0.3) is 5.91 Å². The second-order valence-corrected chi connectivity index (χ2v) is 6.13. The summed E-state index contributed by atoms with van der Waals surface area (Å²) in [7, 11) is 5.03. The average molecular weight is 365 g/mol. The number of ether oxygens (including phenoxy) is 2. The van der Waals surface area contributed by atoms with E-state index in [-0.39, 0.29) is 5.91 Å². The fourth-order valence-electron chi connectivity index (χ4n) is 2.84. The van der Waals surface area contributed by atoms with Gasteiger partial charge in [-0.3, -0.25) is 9.48 Å². The molecule has 1 aromatic heterocycles. The van der Waals surface area contributed by atoms with Gasteiger partial charge in [-0.05, 0) is 42.3 Å². The first kappa shape index (κ1) is 18.5. The van der Waals surface area contributed by atoms with Crippen LogP contribution in [0.15, 0.2) is 54.6 Å². The Morgan fingerprint density at radius 3 is 2.48 bits per heavy atom. The van der Waals surface area contributed by atoms with E-state index in [0.717, 1.165) is 34.7 Å².